The maximum atomic E-state index is 3.40. The Balaban J connectivity index is 2.35. The third-order valence-electron chi connectivity index (χ3n) is 3.87. The molecule has 13 heavy (non-hydrogen) atoms. The maximum absolute atomic E-state index is 3.40. The zero-order valence-corrected chi connectivity index (χ0v) is 9.47. The summed E-state index contributed by atoms with van der Waals surface area (Å²) in [5.41, 5.74) is 0. The molecule has 0 aromatic heterocycles. The molecule has 3 atom stereocenters. The lowest BCUT2D eigenvalue weighted by atomic mass is 9.92. The van der Waals surface area contributed by atoms with Gasteiger partial charge in [-0.05, 0) is 38.6 Å². The maximum Gasteiger partial charge on any atom is 0.00639 e. The Morgan fingerprint density at radius 1 is 1.23 bits per heavy atom. The molecule has 0 aromatic carbocycles. The van der Waals surface area contributed by atoms with Gasteiger partial charge in [-0.15, -0.1) is 0 Å². The minimum absolute atomic E-state index is 0.718. The largest absolute Gasteiger partial charge is 0.317 e. The predicted octanol–water partition coefficient (Wildman–Crippen LogP) is 3.20. The van der Waals surface area contributed by atoms with E-state index in [9.17, 15) is 0 Å². The van der Waals surface area contributed by atoms with Crippen molar-refractivity contribution in [3.63, 3.8) is 0 Å². The SMILES string of the molecule is CCC1CCCC(C(C)NC)CC1. The summed E-state index contributed by atoms with van der Waals surface area (Å²) in [4.78, 5) is 0. The van der Waals surface area contributed by atoms with E-state index in [1.165, 1.54) is 38.5 Å². The molecule has 78 valence electrons. The zero-order valence-electron chi connectivity index (χ0n) is 9.47. The van der Waals surface area contributed by atoms with Crippen molar-refractivity contribution in [1.29, 1.82) is 0 Å². The Morgan fingerprint density at radius 2 is 2.00 bits per heavy atom. The molecule has 1 N–H and O–H groups in total. The van der Waals surface area contributed by atoms with Crippen molar-refractivity contribution < 1.29 is 0 Å². The summed E-state index contributed by atoms with van der Waals surface area (Å²) in [7, 11) is 2.09. The van der Waals surface area contributed by atoms with E-state index >= 15 is 0 Å². The van der Waals surface area contributed by atoms with Gasteiger partial charge in [-0.3, -0.25) is 0 Å². The standard InChI is InChI=1S/C12H25N/c1-4-11-6-5-7-12(9-8-11)10(2)13-3/h10-13H,4-9H2,1-3H3. The molecule has 0 saturated heterocycles. The fourth-order valence-electron chi connectivity index (χ4n) is 2.55. The predicted molar refractivity (Wildman–Crippen MR) is 58.9 cm³/mol. The van der Waals surface area contributed by atoms with Gasteiger partial charge in [0, 0.05) is 6.04 Å². The smallest absolute Gasteiger partial charge is 0.00639 e. The van der Waals surface area contributed by atoms with Crippen LogP contribution in [-0.2, 0) is 0 Å². The Morgan fingerprint density at radius 3 is 2.62 bits per heavy atom. The molecule has 3 unspecified atom stereocenters. The highest BCUT2D eigenvalue weighted by atomic mass is 14.9. The fourth-order valence-corrected chi connectivity index (χ4v) is 2.55. The average molecular weight is 183 g/mol. The molecular weight excluding hydrogens is 158 g/mol. The molecule has 1 aliphatic carbocycles. The van der Waals surface area contributed by atoms with Crippen LogP contribution in [0, 0.1) is 11.8 Å². The van der Waals surface area contributed by atoms with Gasteiger partial charge in [0.05, 0.1) is 0 Å². The first-order valence-electron chi connectivity index (χ1n) is 5.95. The van der Waals surface area contributed by atoms with Crippen LogP contribution in [0.25, 0.3) is 0 Å². The Hall–Kier alpha value is -0.0400. The first-order valence-corrected chi connectivity index (χ1v) is 5.95. The van der Waals surface area contributed by atoms with Crippen LogP contribution in [0.15, 0.2) is 0 Å². The highest BCUT2D eigenvalue weighted by Crippen LogP contribution is 2.30. The van der Waals surface area contributed by atoms with Crippen molar-refractivity contribution in [2.75, 3.05) is 7.05 Å². The molecule has 0 spiro atoms. The fraction of sp³-hybridized carbons (Fsp3) is 1.00. The van der Waals surface area contributed by atoms with Gasteiger partial charge in [0.1, 0.15) is 0 Å². The lowest BCUT2D eigenvalue weighted by Crippen LogP contribution is -2.30. The topological polar surface area (TPSA) is 12.0 Å². The van der Waals surface area contributed by atoms with Crippen LogP contribution in [0.4, 0.5) is 0 Å². The summed E-state index contributed by atoms with van der Waals surface area (Å²) in [6, 6.07) is 0.718. The van der Waals surface area contributed by atoms with Crippen molar-refractivity contribution in [2.45, 2.75) is 58.4 Å². The quantitative estimate of drug-likeness (QED) is 0.663. The molecule has 1 fully saturated rings. The normalized spacial score (nSPS) is 32.5. The average Bonchev–Trinajstić information content (AvgIpc) is 2.41. The van der Waals surface area contributed by atoms with Gasteiger partial charge in [0.2, 0.25) is 0 Å². The van der Waals surface area contributed by atoms with E-state index in [0.29, 0.717) is 0 Å². The van der Waals surface area contributed by atoms with Crippen LogP contribution in [0.2, 0.25) is 0 Å². The highest BCUT2D eigenvalue weighted by molar-refractivity contribution is 4.76. The third kappa shape index (κ3) is 3.30. The van der Waals surface area contributed by atoms with Crippen LogP contribution in [0.3, 0.4) is 0 Å². The second-order valence-corrected chi connectivity index (χ2v) is 4.62. The van der Waals surface area contributed by atoms with Gasteiger partial charge in [0.15, 0.2) is 0 Å². The summed E-state index contributed by atoms with van der Waals surface area (Å²) >= 11 is 0. The van der Waals surface area contributed by atoms with Crippen LogP contribution in [0.5, 0.6) is 0 Å². The molecule has 1 aliphatic rings. The van der Waals surface area contributed by atoms with Crippen molar-refractivity contribution in [1.82, 2.24) is 5.32 Å². The molecule has 0 radical (unpaired) electrons. The third-order valence-corrected chi connectivity index (χ3v) is 3.87. The van der Waals surface area contributed by atoms with Crippen LogP contribution in [-0.4, -0.2) is 13.1 Å². The van der Waals surface area contributed by atoms with Crippen molar-refractivity contribution in [2.24, 2.45) is 11.8 Å². The van der Waals surface area contributed by atoms with Gasteiger partial charge in [-0.2, -0.15) is 0 Å². The summed E-state index contributed by atoms with van der Waals surface area (Å²) in [6.45, 7) is 4.67. The van der Waals surface area contributed by atoms with E-state index in [1.54, 1.807) is 0 Å². The Labute approximate surface area is 83.3 Å². The number of rotatable bonds is 3. The minimum Gasteiger partial charge on any atom is -0.317 e. The van der Waals surface area contributed by atoms with E-state index in [-0.39, 0.29) is 0 Å². The second-order valence-electron chi connectivity index (χ2n) is 4.62. The second kappa shape index (κ2) is 5.64. The molecule has 1 heteroatoms. The molecule has 0 bridgehead atoms. The van der Waals surface area contributed by atoms with Gasteiger partial charge in [0.25, 0.3) is 0 Å². The number of nitrogens with one attached hydrogen (secondary N) is 1. The van der Waals surface area contributed by atoms with Gasteiger partial charge < -0.3 is 5.32 Å². The Kier molecular flexibility index (Phi) is 4.79. The molecular formula is C12H25N. The van der Waals surface area contributed by atoms with E-state index in [4.69, 9.17) is 0 Å². The molecule has 1 saturated carbocycles. The van der Waals surface area contributed by atoms with Gasteiger partial charge in [-0.1, -0.05) is 32.6 Å². The van der Waals surface area contributed by atoms with Crippen LogP contribution < -0.4 is 5.32 Å². The summed E-state index contributed by atoms with van der Waals surface area (Å²) in [5.74, 6) is 1.95. The molecule has 0 aromatic rings. The lowest BCUT2D eigenvalue weighted by molar-refractivity contribution is 0.346. The first-order chi connectivity index (χ1) is 6.27. The first kappa shape index (κ1) is 11.0. The van der Waals surface area contributed by atoms with Gasteiger partial charge in [-0.25, -0.2) is 0 Å². The zero-order chi connectivity index (χ0) is 9.68. The summed E-state index contributed by atoms with van der Waals surface area (Å²) in [5, 5.41) is 3.40. The van der Waals surface area contributed by atoms with Crippen LogP contribution in [0.1, 0.15) is 52.4 Å². The van der Waals surface area contributed by atoms with E-state index in [1.807, 2.05) is 0 Å². The number of hydrogen-bond donors (Lipinski definition) is 1. The van der Waals surface area contributed by atoms with Crippen molar-refractivity contribution in [3.8, 4) is 0 Å². The minimum atomic E-state index is 0.718. The Bertz CT molecular complexity index is 133. The van der Waals surface area contributed by atoms with Crippen molar-refractivity contribution >= 4 is 0 Å². The molecule has 0 aliphatic heterocycles. The van der Waals surface area contributed by atoms with Crippen molar-refractivity contribution in [3.05, 3.63) is 0 Å². The number of hydrogen-bond acceptors (Lipinski definition) is 1. The highest BCUT2D eigenvalue weighted by Gasteiger charge is 2.21. The monoisotopic (exact) mass is 183 g/mol. The molecule has 0 amide bonds. The molecule has 1 rings (SSSR count). The van der Waals surface area contributed by atoms with E-state index < -0.39 is 0 Å². The molecule has 0 heterocycles. The van der Waals surface area contributed by atoms with E-state index in [2.05, 4.69) is 26.2 Å². The summed E-state index contributed by atoms with van der Waals surface area (Å²) < 4.78 is 0. The van der Waals surface area contributed by atoms with Crippen LogP contribution >= 0.6 is 0 Å². The van der Waals surface area contributed by atoms with E-state index in [0.717, 1.165) is 17.9 Å². The lowest BCUT2D eigenvalue weighted by Gasteiger charge is -2.21. The molecule has 1 nitrogen and oxygen atoms in total. The summed E-state index contributed by atoms with van der Waals surface area (Å²) in [6.07, 6.45) is 8.67. The van der Waals surface area contributed by atoms with Gasteiger partial charge >= 0.3 is 0 Å².